The molecule has 2 rings (SSSR count). The minimum atomic E-state index is 0.405. The van der Waals surface area contributed by atoms with Crippen molar-refractivity contribution in [2.45, 2.75) is 13.3 Å². The number of aromatic amines is 1. The zero-order valence-corrected chi connectivity index (χ0v) is 6.18. The van der Waals surface area contributed by atoms with Crippen LogP contribution in [0.1, 0.15) is 17.0 Å². The molecule has 0 unspecified atom stereocenters. The number of rotatable bonds is 0. The number of hydrogen-bond acceptors (Lipinski definition) is 2. The summed E-state index contributed by atoms with van der Waals surface area (Å²) in [5, 5.41) is 14.2. The van der Waals surface area contributed by atoms with Gasteiger partial charge in [0.2, 0.25) is 0 Å². The Bertz CT molecular complexity index is 334. The third kappa shape index (κ3) is 0.869. The van der Waals surface area contributed by atoms with Crippen LogP contribution in [0.15, 0.2) is 4.99 Å². The summed E-state index contributed by atoms with van der Waals surface area (Å²) in [4.78, 5) is 3.86. The minimum Gasteiger partial charge on any atom is -0.286 e. The van der Waals surface area contributed by atoms with E-state index in [2.05, 4.69) is 15.2 Å². The molecule has 0 radical (unpaired) electrons. The van der Waals surface area contributed by atoms with Gasteiger partial charge in [-0.3, -0.25) is 10.5 Å². The van der Waals surface area contributed by atoms with Crippen molar-refractivity contribution in [3.05, 3.63) is 17.0 Å². The van der Waals surface area contributed by atoms with Crippen molar-refractivity contribution in [1.29, 1.82) is 5.41 Å². The van der Waals surface area contributed by atoms with Gasteiger partial charge < -0.3 is 0 Å². The quantitative estimate of drug-likeness (QED) is 0.558. The number of aryl methyl sites for hydroxylation is 1. The molecule has 11 heavy (non-hydrogen) atoms. The Morgan fingerprint density at radius 2 is 2.45 bits per heavy atom. The van der Waals surface area contributed by atoms with Crippen molar-refractivity contribution in [1.82, 2.24) is 10.2 Å². The molecule has 1 aliphatic heterocycles. The summed E-state index contributed by atoms with van der Waals surface area (Å²) in [5.41, 5.74) is 3.01. The molecule has 56 valence electrons. The number of nitrogens with one attached hydrogen (secondary N) is 2. The van der Waals surface area contributed by atoms with Crippen LogP contribution in [0.25, 0.3) is 0 Å². The van der Waals surface area contributed by atoms with Crippen LogP contribution in [0, 0.1) is 12.3 Å². The standard InChI is InChI=1S/C7H8N4/c1-4-5-2-7(8)9-3-6(5)11-10-4/h3,8H,2H2,1H3,(H,10,11). The normalized spacial score (nSPS) is 15.2. The molecule has 1 aliphatic rings. The van der Waals surface area contributed by atoms with E-state index in [1.165, 1.54) is 0 Å². The number of aliphatic imine (C=N–C) groups is 1. The molecular weight excluding hydrogens is 140 g/mol. The number of H-pyrrole nitrogens is 1. The third-order valence-electron chi connectivity index (χ3n) is 1.79. The average Bonchev–Trinajstić information content (AvgIpc) is 2.33. The van der Waals surface area contributed by atoms with Crippen LogP contribution >= 0.6 is 0 Å². The van der Waals surface area contributed by atoms with Crippen LogP contribution in [-0.2, 0) is 6.42 Å². The molecule has 4 heteroatoms. The van der Waals surface area contributed by atoms with E-state index in [-0.39, 0.29) is 0 Å². The number of fused-ring (bicyclic) bond motifs is 1. The van der Waals surface area contributed by atoms with Crippen molar-refractivity contribution in [2.24, 2.45) is 4.99 Å². The largest absolute Gasteiger partial charge is 0.286 e. The Labute approximate surface area is 63.9 Å². The molecule has 0 atom stereocenters. The first-order chi connectivity index (χ1) is 5.27. The van der Waals surface area contributed by atoms with Crippen molar-refractivity contribution in [3.63, 3.8) is 0 Å². The molecule has 4 nitrogen and oxygen atoms in total. The van der Waals surface area contributed by atoms with E-state index in [0.717, 1.165) is 17.0 Å². The summed E-state index contributed by atoms with van der Waals surface area (Å²) in [7, 11) is 0. The van der Waals surface area contributed by atoms with Gasteiger partial charge in [-0.25, -0.2) is 4.99 Å². The molecule has 0 amide bonds. The molecule has 1 aromatic rings. The monoisotopic (exact) mass is 148 g/mol. The zero-order valence-electron chi connectivity index (χ0n) is 6.18. The maximum atomic E-state index is 7.32. The van der Waals surface area contributed by atoms with Crippen molar-refractivity contribution in [3.8, 4) is 0 Å². The van der Waals surface area contributed by atoms with Gasteiger partial charge in [0, 0.05) is 17.7 Å². The van der Waals surface area contributed by atoms with Gasteiger partial charge in [-0.1, -0.05) is 0 Å². The van der Waals surface area contributed by atoms with Crippen LogP contribution in [0.2, 0.25) is 0 Å². The van der Waals surface area contributed by atoms with E-state index in [0.29, 0.717) is 12.3 Å². The molecule has 1 aromatic heterocycles. The Kier molecular flexibility index (Phi) is 1.15. The Balaban J connectivity index is 2.57. The van der Waals surface area contributed by atoms with Gasteiger partial charge in [0.1, 0.15) is 11.5 Å². The first-order valence-electron chi connectivity index (χ1n) is 3.42. The van der Waals surface area contributed by atoms with E-state index < -0.39 is 0 Å². The second-order valence-electron chi connectivity index (χ2n) is 2.59. The van der Waals surface area contributed by atoms with Crippen LogP contribution in [-0.4, -0.2) is 22.2 Å². The van der Waals surface area contributed by atoms with Gasteiger partial charge >= 0.3 is 0 Å². The van der Waals surface area contributed by atoms with Crippen LogP contribution in [0.5, 0.6) is 0 Å². The van der Waals surface area contributed by atoms with E-state index in [9.17, 15) is 0 Å². The van der Waals surface area contributed by atoms with E-state index in [1.807, 2.05) is 6.92 Å². The topological polar surface area (TPSA) is 64.9 Å². The SMILES string of the molecule is Cc1[nH]nc2c1CC(=N)N=C2. The number of hydrogen-bond donors (Lipinski definition) is 2. The van der Waals surface area contributed by atoms with Crippen LogP contribution in [0.4, 0.5) is 0 Å². The molecule has 0 bridgehead atoms. The van der Waals surface area contributed by atoms with Crippen LogP contribution in [0.3, 0.4) is 0 Å². The lowest BCUT2D eigenvalue weighted by atomic mass is 10.1. The molecule has 0 fully saturated rings. The Morgan fingerprint density at radius 3 is 3.27 bits per heavy atom. The fourth-order valence-electron chi connectivity index (χ4n) is 1.15. The van der Waals surface area contributed by atoms with E-state index in [1.54, 1.807) is 6.21 Å². The van der Waals surface area contributed by atoms with Gasteiger partial charge in [0.25, 0.3) is 0 Å². The van der Waals surface area contributed by atoms with Gasteiger partial charge in [0.05, 0.1) is 6.21 Å². The number of amidine groups is 1. The van der Waals surface area contributed by atoms with Gasteiger partial charge in [-0.15, -0.1) is 0 Å². The lowest BCUT2D eigenvalue weighted by molar-refractivity contribution is 1.04. The molecule has 0 aromatic carbocycles. The minimum absolute atomic E-state index is 0.405. The maximum Gasteiger partial charge on any atom is 0.125 e. The molecular formula is C7H8N4. The average molecular weight is 148 g/mol. The van der Waals surface area contributed by atoms with E-state index in [4.69, 9.17) is 5.41 Å². The molecule has 0 aliphatic carbocycles. The smallest absolute Gasteiger partial charge is 0.125 e. The highest BCUT2D eigenvalue weighted by atomic mass is 15.1. The highest BCUT2D eigenvalue weighted by Gasteiger charge is 2.13. The highest BCUT2D eigenvalue weighted by Crippen LogP contribution is 2.13. The summed E-state index contributed by atoms with van der Waals surface area (Å²) in [6.07, 6.45) is 2.23. The van der Waals surface area contributed by atoms with Crippen molar-refractivity contribution < 1.29 is 0 Å². The second kappa shape index (κ2) is 2.02. The Hall–Kier alpha value is -1.45. The lowest BCUT2D eigenvalue weighted by Crippen LogP contribution is -2.07. The highest BCUT2D eigenvalue weighted by molar-refractivity contribution is 5.98. The maximum absolute atomic E-state index is 7.32. The third-order valence-corrected chi connectivity index (χ3v) is 1.79. The summed E-state index contributed by atoms with van der Waals surface area (Å²) in [5.74, 6) is 0.405. The van der Waals surface area contributed by atoms with Crippen molar-refractivity contribution in [2.75, 3.05) is 0 Å². The molecule has 0 saturated heterocycles. The van der Waals surface area contributed by atoms with E-state index >= 15 is 0 Å². The van der Waals surface area contributed by atoms with Gasteiger partial charge in [-0.05, 0) is 6.92 Å². The lowest BCUT2D eigenvalue weighted by Gasteiger charge is -2.03. The van der Waals surface area contributed by atoms with Gasteiger partial charge in [-0.2, -0.15) is 5.10 Å². The summed E-state index contributed by atoms with van der Waals surface area (Å²) >= 11 is 0. The second-order valence-corrected chi connectivity index (χ2v) is 2.59. The summed E-state index contributed by atoms with van der Waals surface area (Å²) in [6, 6.07) is 0. The number of nitrogens with zero attached hydrogens (tertiary/aromatic N) is 2. The Morgan fingerprint density at radius 1 is 1.64 bits per heavy atom. The number of aromatic nitrogens is 2. The molecule has 0 saturated carbocycles. The predicted octanol–water partition coefficient (Wildman–Crippen LogP) is 0.670. The predicted molar refractivity (Wildman–Crippen MR) is 42.3 cm³/mol. The first-order valence-corrected chi connectivity index (χ1v) is 3.42. The molecule has 2 heterocycles. The summed E-state index contributed by atoms with van der Waals surface area (Å²) < 4.78 is 0. The fourth-order valence-corrected chi connectivity index (χ4v) is 1.15. The zero-order chi connectivity index (χ0) is 7.84. The molecule has 2 N–H and O–H groups in total. The first kappa shape index (κ1) is 6.27. The van der Waals surface area contributed by atoms with Crippen molar-refractivity contribution >= 4 is 12.1 Å². The fraction of sp³-hybridized carbons (Fsp3) is 0.286. The van der Waals surface area contributed by atoms with Gasteiger partial charge in [0.15, 0.2) is 0 Å². The van der Waals surface area contributed by atoms with Crippen LogP contribution < -0.4 is 0 Å². The summed E-state index contributed by atoms with van der Waals surface area (Å²) in [6.45, 7) is 1.96. The molecule has 0 spiro atoms.